The molecule has 1 aliphatic carbocycles. The minimum atomic E-state index is -0.528. The topological polar surface area (TPSA) is 42.0 Å². The van der Waals surface area contributed by atoms with Crippen molar-refractivity contribution in [1.82, 2.24) is 10.3 Å². The summed E-state index contributed by atoms with van der Waals surface area (Å²) < 4.78 is 0. The molecule has 0 aliphatic heterocycles. The van der Waals surface area contributed by atoms with Crippen LogP contribution in [0.3, 0.4) is 0 Å². The summed E-state index contributed by atoms with van der Waals surface area (Å²) in [6.07, 6.45) is 5.68. The molecular formula is C20H28N2O. The van der Waals surface area contributed by atoms with E-state index in [9.17, 15) is 4.79 Å². The molecule has 0 aromatic carbocycles. The Morgan fingerprint density at radius 1 is 1.48 bits per heavy atom. The summed E-state index contributed by atoms with van der Waals surface area (Å²) in [5.41, 5.74) is 5.28. The van der Waals surface area contributed by atoms with E-state index in [1.165, 1.54) is 0 Å². The standard InChI is InChI=1S/C20H28N2O/c1-7-8-13(2)11-17(21-6)20(5)10-9-16-18(19(20)23)14(3)12-15(4)22-16/h11-12,21H,2,7-10H2,1,3-6H3/b17-11-. The number of carbonyl (C=O) groups excluding carboxylic acids is 1. The van der Waals surface area contributed by atoms with Crippen molar-refractivity contribution in [3.63, 3.8) is 0 Å². The molecule has 3 nitrogen and oxygen atoms in total. The monoisotopic (exact) mass is 312 g/mol. The lowest BCUT2D eigenvalue weighted by Gasteiger charge is -2.36. The third kappa shape index (κ3) is 3.24. The Morgan fingerprint density at radius 3 is 2.78 bits per heavy atom. The molecule has 1 heterocycles. The van der Waals surface area contributed by atoms with E-state index >= 15 is 0 Å². The molecule has 124 valence electrons. The zero-order valence-corrected chi connectivity index (χ0v) is 15.0. The molecule has 1 atom stereocenters. The first-order chi connectivity index (χ1) is 10.8. The highest BCUT2D eigenvalue weighted by molar-refractivity contribution is 6.05. The first kappa shape index (κ1) is 17.5. The quantitative estimate of drug-likeness (QED) is 0.825. The van der Waals surface area contributed by atoms with Gasteiger partial charge in [-0.05, 0) is 57.7 Å². The van der Waals surface area contributed by atoms with Crippen molar-refractivity contribution in [2.75, 3.05) is 7.05 Å². The molecule has 0 radical (unpaired) electrons. The van der Waals surface area contributed by atoms with Crippen molar-refractivity contribution in [2.24, 2.45) is 5.41 Å². The maximum atomic E-state index is 13.3. The van der Waals surface area contributed by atoms with Gasteiger partial charge in [0.05, 0.1) is 11.1 Å². The summed E-state index contributed by atoms with van der Waals surface area (Å²) in [6, 6.07) is 2.00. The maximum absolute atomic E-state index is 13.3. The van der Waals surface area contributed by atoms with Crippen LogP contribution in [0.1, 0.15) is 60.4 Å². The average Bonchev–Trinajstić information content (AvgIpc) is 2.48. The molecule has 2 rings (SSSR count). The van der Waals surface area contributed by atoms with E-state index in [4.69, 9.17) is 0 Å². The number of allylic oxidation sites excluding steroid dienone is 3. The van der Waals surface area contributed by atoms with Gasteiger partial charge >= 0.3 is 0 Å². The molecule has 23 heavy (non-hydrogen) atoms. The van der Waals surface area contributed by atoms with Crippen molar-refractivity contribution >= 4 is 5.78 Å². The largest absolute Gasteiger partial charge is 0.391 e. The Labute approximate surface area is 139 Å². The fourth-order valence-corrected chi connectivity index (χ4v) is 3.52. The summed E-state index contributed by atoms with van der Waals surface area (Å²) in [4.78, 5) is 17.8. The summed E-state index contributed by atoms with van der Waals surface area (Å²) in [7, 11) is 1.89. The van der Waals surface area contributed by atoms with Crippen molar-refractivity contribution in [3.05, 3.63) is 52.5 Å². The van der Waals surface area contributed by atoms with Gasteiger partial charge in [0.2, 0.25) is 0 Å². The van der Waals surface area contributed by atoms with Crippen molar-refractivity contribution < 1.29 is 4.79 Å². The number of aromatic nitrogens is 1. The summed E-state index contributed by atoms with van der Waals surface area (Å²) >= 11 is 0. The van der Waals surface area contributed by atoms with E-state index in [-0.39, 0.29) is 5.78 Å². The van der Waals surface area contributed by atoms with Gasteiger partial charge in [0.1, 0.15) is 0 Å². The Kier molecular flexibility index (Phi) is 5.08. The van der Waals surface area contributed by atoms with E-state index in [1.807, 2.05) is 33.9 Å². The van der Waals surface area contributed by atoms with Gasteiger partial charge in [-0.25, -0.2) is 0 Å². The number of rotatable bonds is 5. The number of Topliss-reactive ketones (excluding diaryl/α,β-unsaturated/α-hetero) is 1. The Bertz CT molecular complexity index is 672. The molecular weight excluding hydrogens is 284 g/mol. The lowest BCUT2D eigenvalue weighted by atomic mass is 9.69. The maximum Gasteiger partial charge on any atom is 0.176 e. The van der Waals surface area contributed by atoms with Gasteiger partial charge in [-0.1, -0.05) is 25.5 Å². The number of fused-ring (bicyclic) bond motifs is 1. The van der Waals surface area contributed by atoms with E-state index in [0.29, 0.717) is 0 Å². The van der Waals surface area contributed by atoms with Gasteiger partial charge in [-0.15, -0.1) is 0 Å². The van der Waals surface area contributed by atoms with E-state index in [0.717, 1.165) is 59.5 Å². The molecule has 0 amide bonds. The van der Waals surface area contributed by atoms with Gasteiger partial charge in [-0.2, -0.15) is 0 Å². The lowest BCUT2D eigenvalue weighted by Crippen LogP contribution is -2.40. The number of hydrogen-bond donors (Lipinski definition) is 1. The number of aryl methyl sites for hydroxylation is 3. The molecule has 0 bridgehead atoms. The first-order valence-electron chi connectivity index (χ1n) is 8.43. The SMILES string of the molecule is C=C(/C=C(\NC)C1(C)CCc2nc(C)cc(C)c2C1=O)CCC. The second kappa shape index (κ2) is 6.69. The molecule has 1 aliphatic rings. The van der Waals surface area contributed by atoms with Gasteiger partial charge in [0.25, 0.3) is 0 Å². The highest BCUT2D eigenvalue weighted by atomic mass is 16.1. The number of nitrogens with zero attached hydrogens (tertiary/aromatic N) is 1. The van der Waals surface area contributed by atoms with Crippen LogP contribution in [0.4, 0.5) is 0 Å². The molecule has 0 spiro atoms. The van der Waals surface area contributed by atoms with Gasteiger partial charge < -0.3 is 5.32 Å². The van der Waals surface area contributed by atoms with Gasteiger partial charge in [-0.3, -0.25) is 9.78 Å². The minimum absolute atomic E-state index is 0.175. The second-order valence-corrected chi connectivity index (χ2v) is 6.78. The van der Waals surface area contributed by atoms with E-state index in [1.54, 1.807) is 0 Å². The Balaban J connectivity index is 2.47. The van der Waals surface area contributed by atoms with Crippen LogP contribution in [0.15, 0.2) is 30.0 Å². The fourth-order valence-electron chi connectivity index (χ4n) is 3.52. The van der Waals surface area contributed by atoms with Crippen LogP contribution < -0.4 is 5.32 Å². The number of carbonyl (C=O) groups is 1. The zero-order chi connectivity index (χ0) is 17.2. The van der Waals surface area contributed by atoms with Crippen molar-refractivity contribution in [1.29, 1.82) is 0 Å². The van der Waals surface area contributed by atoms with Crippen LogP contribution in [0.2, 0.25) is 0 Å². The van der Waals surface area contributed by atoms with Crippen LogP contribution in [-0.2, 0) is 6.42 Å². The number of ketones is 1. The lowest BCUT2D eigenvalue weighted by molar-refractivity contribution is 0.0823. The van der Waals surface area contributed by atoms with Crippen LogP contribution in [0, 0.1) is 19.3 Å². The normalized spacial score (nSPS) is 21.1. The summed E-state index contributed by atoms with van der Waals surface area (Å²) in [5, 5.41) is 3.25. The third-order valence-electron chi connectivity index (χ3n) is 4.79. The third-order valence-corrected chi connectivity index (χ3v) is 4.79. The van der Waals surface area contributed by atoms with Crippen LogP contribution in [-0.4, -0.2) is 17.8 Å². The van der Waals surface area contributed by atoms with Crippen molar-refractivity contribution in [2.45, 2.75) is 53.4 Å². The smallest absolute Gasteiger partial charge is 0.176 e. The molecule has 1 N–H and O–H groups in total. The average molecular weight is 312 g/mol. The second-order valence-electron chi connectivity index (χ2n) is 6.78. The number of nitrogens with one attached hydrogen (secondary N) is 1. The van der Waals surface area contributed by atoms with Crippen LogP contribution in [0.5, 0.6) is 0 Å². The van der Waals surface area contributed by atoms with E-state index in [2.05, 4.69) is 29.9 Å². The predicted octanol–water partition coefficient (Wildman–Crippen LogP) is 4.29. The Hall–Kier alpha value is -1.90. The van der Waals surface area contributed by atoms with Crippen LogP contribution >= 0.6 is 0 Å². The molecule has 3 heteroatoms. The summed E-state index contributed by atoms with van der Waals surface area (Å²) in [5.74, 6) is 0.175. The van der Waals surface area contributed by atoms with Crippen molar-refractivity contribution in [3.8, 4) is 0 Å². The molecule has 1 aromatic rings. The molecule has 1 unspecified atom stereocenters. The molecule has 1 aromatic heterocycles. The molecule has 0 fully saturated rings. The summed E-state index contributed by atoms with van der Waals surface area (Å²) in [6.45, 7) is 12.3. The molecule has 0 saturated heterocycles. The highest BCUT2D eigenvalue weighted by Gasteiger charge is 2.42. The Morgan fingerprint density at radius 2 is 2.17 bits per heavy atom. The molecule has 0 saturated carbocycles. The fraction of sp³-hybridized carbons (Fsp3) is 0.500. The highest BCUT2D eigenvalue weighted by Crippen LogP contribution is 2.41. The minimum Gasteiger partial charge on any atom is -0.391 e. The van der Waals surface area contributed by atoms with E-state index < -0.39 is 5.41 Å². The van der Waals surface area contributed by atoms with Crippen LogP contribution in [0.25, 0.3) is 0 Å². The predicted molar refractivity (Wildman–Crippen MR) is 95.7 cm³/mol. The zero-order valence-electron chi connectivity index (χ0n) is 15.0. The number of pyridine rings is 1. The van der Waals surface area contributed by atoms with Gasteiger partial charge in [0.15, 0.2) is 5.78 Å². The number of hydrogen-bond acceptors (Lipinski definition) is 3. The first-order valence-corrected chi connectivity index (χ1v) is 8.43. The van der Waals surface area contributed by atoms with Gasteiger partial charge in [0, 0.05) is 24.0 Å².